The van der Waals surface area contributed by atoms with Crippen LogP contribution in [0.25, 0.3) is 4.85 Å². The average molecular weight is 150 g/mol. The highest BCUT2D eigenvalue weighted by Crippen LogP contribution is 2.21. The molecule has 0 aromatic carbocycles. The normalized spacial score (nSPS) is 8.80. The lowest BCUT2D eigenvalue weighted by Gasteiger charge is -2.11. The Morgan fingerprint density at radius 1 is 1.80 bits per heavy atom. The molecule has 0 bridgehead atoms. The predicted octanol–water partition coefficient (Wildman–Crippen LogP) is 2.96. The lowest BCUT2D eigenvalue weighted by atomic mass is 10.1. The largest absolute Gasteiger partial charge is 0.454 e. The van der Waals surface area contributed by atoms with Gasteiger partial charge in [0.2, 0.25) is 0 Å². The van der Waals surface area contributed by atoms with Gasteiger partial charge in [-0.3, -0.25) is 6.57 Å². The molecule has 0 amide bonds. The fraction of sp³-hybridized carbons (Fsp3) is 0.250. The first kappa shape index (κ1) is 7.17. The standard InChI is InChI=1S/C8H8NS/c1-3-8(9-2)7-4-5-10-6-7/h4-6H,3H2,1H3/q-1. The molecule has 0 aliphatic rings. The van der Waals surface area contributed by atoms with Gasteiger partial charge < -0.3 is 4.85 Å². The molecule has 0 radical (unpaired) electrons. The molecule has 1 rings (SSSR count). The van der Waals surface area contributed by atoms with Crippen LogP contribution < -0.4 is 0 Å². The monoisotopic (exact) mass is 150 g/mol. The van der Waals surface area contributed by atoms with E-state index < -0.39 is 0 Å². The highest BCUT2D eigenvalue weighted by molar-refractivity contribution is 7.08. The molecule has 0 spiro atoms. The van der Waals surface area contributed by atoms with Crippen molar-refractivity contribution in [3.8, 4) is 0 Å². The van der Waals surface area contributed by atoms with Crippen LogP contribution in [-0.2, 0) is 0 Å². The van der Waals surface area contributed by atoms with Crippen LogP contribution in [-0.4, -0.2) is 0 Å². The van der Waals surface area contributed by atoms with E-state index in [4.69, 9.17) is 6.57 Å². The summed E-state index contributed by atoms with van der Waals surface area (Å²) in [6.45, 7) is 8.83. The van der Waals surface area contributed by atoms with Crippen molar-refractivity contribution in [1.29, 1.82) is 0 Å². The van der Waals surface area contributed by atoms with Crippen molar-refractivity contribution in [2.75, 3.05) is 0 Å². The smallest absolute Gasteiger partial charge is 0.00117 e. The topological polar surface area (TPSA) is 4.36 Å². The van der Waals surface area contributed by atoms with Gasteiger partial charge in [0.15, 0.2) is 0 Å². The molecule has 0 atom stereocenters. The van der Waals surface area contributed by atoms with Gasteiger partial charge in [0, 0.05) is 0 Å². The van der Waals surface area contributed by atoms with Gasteiger partial charge in [-0.2, -0.15) is 11.3 Å². The van der Waals surface area contributed by atoms with Gasteiger partial charge in [0.1, 0.15) is 0 Å². The molecule has 0 aliphatic heterocycles. The number of hydrogen-bond donors (Lipinski definition) is 0. The van der Waals surface area contributed by atoms with E-state index in [2.05, 4.69) is 4.85 Å². The third-order valence-corrected chi connectivity index (χ3v) is 2.01. The highest BCUT2D eigenvalue weighted by atomic mass is 32.1. The second-order valence-electron chi connectivity index (χ2n) is 1.92. The van der Waals surface area contributed by atoms with Crippen LogP contribution in [0.4, 0.5) is 0 Å². The summed E-state index contributed by atoms with van der Waals surface area (Å²) in [5, 5.41) is 4.01. The first-order chi connectivity index (χ1) is 4.88. The van der Waals surface area contributed by atoms with E-state index in [1.807, 2.05) is 23.8 Å². The van der Waals surface area contributed by atoms with Crippen LogP contribution in [0.3, 0.4) is 0 Å². The first-order valence-electron chi connectivity index (χ1n) is 3.14. The Labute approximate surface area is 65.1 Å². The lowest BCUT2D eigenvalue weighted by Crippen LogP contribution is -1.87. The molecular weight excluding hydrogens is 142 g/mol. The van der Waals surface area contributed by atoms with Gasteiger partial charge >= 0.3 is 0 Å². The second kappa shape index (κ2) is 3.28. The van der Waals surface area contributed by atoms with E-state index in [1.165, 1.54) is 0 Å². The molecule has 0 saturated carbocycles. The third kappa shape index (κ3) is 1.31. The van der Waals surface area contributed by atoms with Crippen LogP contribution in [0.5, 0.6) is 0 Å². The van der Waals surface area contributed by atoms with Crippen molar-refractivity contribution in [2.45, 2.75) is 13.3 Å². The van der Waals surface area contributed by atoms with Crippen LogP contribution in [0.15, 0.2) is 16.8 Å². The zero-order chi connectivity index (χ0) is 7.40. The van der Waals surface area contributed by atoms with Crippen LogP contribution >= 0.6 is 11.3 Å². The molecule has 52 valence electrons. The van der Waals surface area contributed by atoms with Crippen molar-refractivity contribution in [3.05, 3.63) is 39.8 Å². The molecule has 1 nitrogen and oxygen atoms in total. The lowest BCUT2D eigenvalue weighted by molar-refractivity contribution is 1.02. The average Bonchev–Trinajstić information content (AvgIpc) is 2.43. The van der Waals surface area contributed by atoms with Crippen molar-refractivity contribution in [1.82, 2.24) is 0 Å². The Bertz CT molecular complexity index is 220. The van der Waals surface area contributed by atoms with E-state index in [-0.39, 0.29) is 0 Å². The Morgan fingerprint density at radius 3 is 3.00 bits per heavy atom. The maximum absolute atomic E-state index is 6.83. The quantitative estimate of drug-likeness (QED) is 0.571. The molecule has 10 heavy (non-hydrogen) atoms. The number of nitrogens with zero attached hydrogens (tertiary/aromatic N) is 1. The van der Waals surface area contributed by atoms with Crippen molar-refractivity contribution in [3.63, 3.8) is 0 Å². The zero-order valence-corrected chi connectivity index (χ0v) is 6.61. The number of hydrogen-bond acceptors (Lipinski definition) is 1. The van der Waals surface area contributed by atoms with Gasteiger partial charge in [-0.1, -0.05) is 25.0 Å². The van der Waals surface area contributed by atoms with Gasteiger partial charge in [0.25, 0.3) is 0 Å². The summed E-state index contributed by atoms with van der Waals surface area (Å²) in [7, 11) is 0. The fourth-order valence-electron chi connectivity index (χ4n) is 0.776. The van der Waals surface area contributed by atoms with Crippen molar-refractivity contribution >= 4 is 11.3 Å². The number of rotatable bonds is 2. The number of thiophene rings is 1. The SMILES string of the molecule is [C-]#[N+][C-](CC)c1ccsc1. The Balaban J connectivity index is 2.76. The second-order valence-corrected chi connectivity index (χ2v) is 2.70. The summed E-state index contributed by atoms with van der Waals surface area (Å²) in [4.78, 5) is 3.42. The summed E-state index contributed by atoms with van der Waals surface area (Å²) in [5.74, 6) is 0. The van der Waals surface area contributed by atoms with Gasteiger partial charge in [-0.25, -0.2) is 0 Å². The summed E-state index contributed by atoms with van der Waals surface area (Å²) in [5.41, 5.74) is 1.09. The van der Waals surface area contributed by atoms with E-state index in [0.29, 0.717) is 0 Å². The third-order valence-electron chi connectivity index (χ3n) is 1.32. The minimum Gasteiger partial charge on any atom is -0.454 e. The van der Waals surface area contributed by atoms with E-state index in [0.717, 1.165) is 18.0 Å². The molecule has 0 saturated heterocycles. The minimum atomic E-state index is 0.834. The van der Waals surface area contributed by atoms with E-state index in [9.17, 15) is 0 Å². The first-order valence-corrected chi connectivity index (χ1v) is 4.08. The maximum atomic E-state index is 6.83. The molecule has 1 aromatic rings. The predicted molar refractivity (Wildman–Crippen MR) is 43.6 cm³/mol. The van der Waals surface area contributed by atoms with Gasteiger partial charge in [-0.05, 0) is 16.8 Å². The van der Waals surface area contributed by atoms with Crippen LogP contribution in [0.2, 0.25) is 0 Å². The summed E-state index contributed by atoms with van der Waals surface area (Å²) < 4.78 is 0. The molecule has 2 heteroatoms. The Kier molecular flexibility index (Phi) is 2.35. The Morgan fingerprint density at radius 2 is 2.60 bits per heavy atom. The summed E-state index contributed by atoms with van der Waals surface area (Å²) in [6, 6.07) is 2.85. The fourth-order valence-corrected chi connectivity index (χ4v) is 1.44. The highest BCUT2D eigenvalue weighted by Gasteiger charge is 1.96. The maximum Gasteiger partial charge on any atom is -0.00117 e. The van der Waals surface area contributed by atoms with Crippen LogP contribution in [0, 0.1) is 12.6 Å². The molecule has 1 aromatic heterocycles. The summed E-state index contributed by atoms with van der Waals surface area (Å²) >= 11 is 1.63. The molecule has 1 heterocycles. The van der Waals surface area contributed by atoms with E-state index >= 15 is 0 Å². The molecule has 0 unspecified atom stereocenters. The van der Waals surface area contributed by atoms with Crippen molar-refractivity contribution in [2.24, 2.45) is 0 Å². The van der Waals surface area contributed by atoms with E-state index in [1.54, 1.807) is 11.3 Å². The summed E-state index contributed by atoms with van der Waals surface area (Å²) in [6.07, 6.45) is 0.834. The zero-order valence-electron chi connectivity index (χ0n) is 5.79. The van der Waals surface area contributed by atoms with Crippen molar-refractivity contribution < 1.29 is 0 Å². The van der Waals surface area contributed by atoms with Gasteiger partial charge in [0.05, 0.1) is 0 Å². The Hall–Kier alpha value is -0.940. The molecular formula is C8H8NS-. The minimum absolute atomic E-state index is 0.834. The molecule has 0 N–H and O–H groups in total. The van der Waals surface area contributed by atoms with Crippen LogP contribution in [0.1, 0.15) is 18.9 Å². The van der Waals surface area contributed by atoms with Gasteiger partial charge in [-0.15, -0.1) is 0 Å². The molecule has 0 fully saturated rings. The molecule has 0 aliphatic carbocycles.